The Balaban J connectivity index is 1.98. The number of hydrogen-bond donors (Lipinski definition) is 0. The lowest BCUT2D eigenvalue weighted by atomic mass is 9.95. The second-order valence-electron chi connectivity index (χ2n) is 7.96. The van der Waals surface area contributed by atoms with E-state index >= 15 is 0 Å². The molecule has 0 bridgehead atoms. The molecule has 0 aliphatic carbocycles. The van der Waals surface area contributed by atoms with Gasteiger partial charge in [0.1, 0.15) is 5.75 Å². The number of thiazole rings is 1. The maximum atomic E-state index is 13.7. The molecule has 3 heterocycles. The molecule has 8 heteroatoms. The molecule has 0 radical (unpaired) electrons. The number of methoxy groups -OCH3 is 1. The minimum atomic E-state index is -0.656. The van der Waals surface area contributed by atoms with Crippen LogP contribution in [0.1, 0.15) is 42.4 Å². The van der Waals surface area contributed by atoms with Crippen molar-refractivity contribution in [3.63, 3.8) is 0 Å². The number of carbonyl (C=O) groups excluding carboxylic acids is 1. The summed E-state index contributed by atoms with van der Waals surface area (Å²) in [6.07, 6.45) is 1.90. The molecule has 0 fully saturated rings. The van der Waals surface area contributed by atoms with Gasteiger partial charge in [0.05, 0.1) is 35.6 Å². The van der Waals surface area contributed by atoms with Gasteiger partial charge in [-0.3, -0.25) is 9.36 Å². The zero-order chi connectivity index (χ0) is 23.9. The van der Waals surface area contributed by atoms with Gasteiger partial charge in [-0.05, 0) is 63.1 Å². The van der Waals surface area contributed by atoms with Crippen molar-refractivity contribution in [1.82, 2.24) is 9.13 Å². The quantitative estimate of drug-likeness (QED) is 0.543. The van der Waals surface area contributed by atoms with E-state index in [4.69, 9.17) is 9.47 Å². The molecule has 7 nitrogen and oxygen atoms in total. The Morgan fingerprint density at radius 2 is 2.00 bits per heavy atom. The Hall–Kier alpha value is -3.39. The van der Waals surface area contributed by atoms with Crippen LogP contribution in [0.25, 0.3) is 6.08 Å². The molecule has 2 aromatic heterocycles. The second kappa shape index (κ2) is 8.86. The lowest BCUT2D eigenvalue weighted by Gasteiger charge is -2.25. The number of esters is 1. The highest BCUT2D eigenvalue weighted by molar-refractivity contribution is 7.07. The first kappa shape index (κ1) is 22.8. The van der Waals surface area contributed by atoms with Crippen LogP contribution in [0.15, 0.2) is 51.4 Å². The fraction of sp³-hybridized carbons (Fsp3) is 0.320. The molecule has 0 saturated carbocycles. The predicted molar refractivity (Wildman–Crippen MR) is 128 cm³/mol. The molecule has 0 saturated heterocycles. The fourth-order valence-electron chi connectivity index (χ4n) is 4.09. The van der Waals surface area contributed by atoms with Gasteiger partial charge in [0.25, 0.3) is 5.56 Å². The summed E-state index contributed by atoms with van der Waals surface area (Å²) >= 11 is 1.32. The zero-order valence-electron chi connectivity index (χ0n) is 19.6. The highest BCUT2D eigenvalue weighted by atomic mass is 32.1. The molecule has 0 spiro atoms. The lowest BCUT2D eigenvalue weighted by molar-refractivity contribution is -0.139. The minimum absolute atomic E-state index is 0.193. The maximum Gasteiger partial charge on any atom is 0.338 e. The second-order valence-corrected chi connectivity index (χ2v) is 8.97. The third-order valence-electron chi connectivity index (χ3n) is 6.03. The fourth-order valence-corrected chi connectivity index (χ4v) is 5.13. The van der Waals surface area contributed by atoms with Crippen molar-refractivity contribution in [1.29, 1.82) is 0 Å². The third-order valence-corrected chi connectivity index (χ3v) is 7.01. The summed E-state index contributed by atoms with van der Waals surface area (Å²) in [5.74, 6) is 0.165. The summed E-state index contributed by atoms with van der Waals surface area (Å²) in [7, 11) is 3.59. The molecule has 172 valence electrons. The third kappa shape index (κ3) is 3.95. The number of carbonyl (C=O) groups is 1. The van der Waals surface area contributed by atoms with Crippen LogP contribution in [-0.2, 0) is 16.6 Å². The molecule has 4 rings (SSSR count). The highest BCUT2D eigenvalue weighted by Gasteiger charge is 2.33. The van der Waals surface area contributed by atoms with Crippen LogP contribution in [-0.4, -0.2) is 28.8 Å². The monoisotopic (exact) mass is 465 g/mol. The van der Waals surface area contributed by atoms with Crippen molar-refractivity contribution in [2.45, 2.75) is 33.7 Å². The minimum Gasteiger partial charge on any atom is -0.497 e. The number of aromatic nitrogens is 2. The van der Waals surface area contributed by atoms with E-state index in [0.29, 0.717) is 26.4 Å². The Bertz CT molecular complexity index is 1460. The molecule has 1 aliphatic rings. The van der Waals surface area contributed by atoms with Gasteiger partial charge in [-0.1, -0.05) is 23.5 Å². The van der Waals surface area contributed by atoms with Crippen molar-refractivity contribution < 1.29 is 14.3 Å². The van der Waals surface area contributed by atoms with Crippen LogP contribution in [0, 0.1) is 13.8 Å². The first-order chi connectivity index (χ1) is 15.8. The number of rotatable bonds is 5. The van der Waals surface area contributed by atoms with Crippen LogP contribution in [0.2, 0.25) is 0 Å². The molecule has 1 atom stereocenters. The average molecular weight is 466 g/mol. The summed E-state index contributed by atoms with van der Waals surface area (Å²) in [5.41, 5.74) is 4.64. The summed E-state index contributed by atoms with van der Waals surface area (Å²) < 4.78 is 15.0. The van der Waals surface area contributed by atoms with Crippen LogP contribution in [0.3, 0.4) is 0 Å². The molecular formula is C25H27N3O4S. The molecule has 0 amide bonds. The van der Waals surface area contributed by atoms with Gasteiger partial charge in [-0.25, -0.2) is 9.79 Å². The summed E-state index contributed by atoms with van der Waals surface area (Å²) in [5, 5.41) is 0. The van der Waals surface area contributed by atoms with Gasteiger partial charge in [0.15, 0.2) is 4.80 Å². The smallest absolute Gasteiger partial charge is 0.338 e. The highest BCUT2D eigenvalue weighted by Crippen LogP contribution is 2.32. The van der Waals surface area contributed by atoms with Crippen molar-refractivity contribution in [2.24, 2.45) is 12.0 Å². The van der Waals surface area contributed by atoms with Crippen LogP contribution in [0.4, 0.5) is 0 Å². The number of allylic oxidation sites excluding steroid dienone is 1. The predicted octanol–water partition coefficient (Wildman–Crippen LogP) is 2.76. The van der Waals surface area contributed by atoms with Gasteiger partial charge in [-0.15, -0.1) is 0 Å². The molecule has 3 aromatic rings. The van der Waals surface area contributed by atoms with Crippen LogP contribution < -0.4 is 19.6 Å². The first-order valence-electron chi connectivity index (χ1n) is 10.7. The summed E-state index contributed by atoms with van der Waals surface area (Å²) in [6, 6.07) is 8.79. The maximum absolute atomic E-state index is 13.7. The number of nitrogens with zero attached hydrogens (tertiary/aromatic N) is 3. The molecule has 0 unspecified atom stereocenters. The normalized spacial score (nSPS) is 15.9. The zero-order valence-corrected chi connectivity index (χ0v) is 20.4. The van der Waals surface area contributed by atoms with Crippen molar-refractivity contribution in [3.8, 4) is 5.75 Å². The number of benzene rings is 1. The Morgan fingerprint density at radius 1 is 1.24 bits per heavy atom. The van der Waals surface area contributed by atoms with Gasteiger partial charge < -0.3 is 14.0 Å². The topological polar surface area (TPSA) is 74.8 Å². The Kier molecular flexibility index (Phi) is 6.12. The van der Waals surface area contributed by atoms with E-state index < -0.39 is 12.0 Å². The van der Waals surface area contributed by atoms with E-state index in [9.17, 15) is 9.59 Å². The largest absolute Gasteiger partial charge is 0.497 e. The molecule has 33 heavy (non-hydrogen) atoms. The van der Waals surface area contributed by atoms with Gasteiger partial charge in [-0.2, -0.15) is 0 Å². The lowest BCUT2D eigenvalue weighted by Crippen LogP contribution is -2.39. The van der Waals surface area contributed by atoms with Gasteiger partial charge in [0.2, 0.25) is 0 Å². The van der Waals surface area contributed by atoms with Gasteiger partial charge >= 0.3 is 5.97 Å². The van der Waals surface area contributed by atoms with Crippen LogP contribution >= 0.6 is 11.3 Å². The number of fused-ring (bicyclic) bond motifs is 1. The van der Waals surface area contributed by atoms with E-state index in [0.717, 1.165) is 22.5 Å². The van der Waals surface area contributed by atoms with E-state index in [1.165, 1.54) is 11.3 Å². The average Bonchev–Trinajstić information content (AvgIpc) is 3.23. The van der Waals surface area contributed by atoms with Gasteiger partial charge in [0, 0.05) is 18.4 Å². The van der Waals surface area contributed by atoms with Crippen molar-refractivity contribution >= 4 is 23.4 Å². The van der Waals surface area contributed by atoms with E-state index in [2.05, 4.69) is 15.6 Å². The van der Waals surface area contributed by atoms with Crippen LogP contribution in [0.5, 0.6) is 5.75 Å². The number of ether oxygens (including phenoxy) is 2. The van der Waals surface area contributed by atoms with E-state index in [-0.39, 0.29) is 12.2 Å². The van der Waals surface area contributed by atoms with E-state index in [1.807, 2.05) is 51.2 Å². The Labute approximate surface area is 195 Å². The summed E-state index contributed by atoms with van der Waals surface area (Å²) in [4.78, 5) is 31.8. The molecule has 0 N–H and O–H groups in total. The van der Waals surface area contributed by atoms with Crippen molar-refractivity contribution in [2.75, 3.05) is 13.7 Å². The first-order valence-corrected chi connectivity index (χ1v) is 11.5. The molecular weight excluding hydrogens is 438 g/mol. The van der Waals surface area contributed by atoms with Crippen molar-refractivity contribution in [3.05, 3.63) is 83.8 Å². The Morgan fingerprint density at radius 3 is 2.64 bits per heavy atom. The standard InChI is InChI=1S/C25H27N3O4S/c1-7-32-24(30)21-15(3)26-25-28(22(21)17-9-8-10-19(12-17)31-6)23(29)20(33-25)13-18-11-14(2)27(5)16(18)4/h8-13,22H,7H2,1-6H3/t22-/m0/s1. The SMILES string of the molecule is CCOC(=O)C1=C(C)N=c2sc(=Cc3cc(C)n(C)c3C)c(=O)n2[C@H]1c1cccc(OC)c1. The summed E-state index contributed by atoms with van der Waals surface area (Å²) in [6.45, 7) is 7.83. The molecule has 1 aliphatic heterocycles. The number of hydrogen-bond acceptors (Lipinski definition) is 6. The molecule has 1 aromatic carbocycles. The van der Waals surface area contributed by atoms with E-state index in [1.54, 1.807) is 25.5 Å². The number of aryl methyl sites for hydroxylation is 1.